The molecule has 0 aliphatic carbocycles. The van der Waals surface area contributed by atoms with E-state index >= 15 is 0 Å². The topological polar surface area (TPSA) is 225 Å². The summed E-state index contributed by atoms with van der Waals surface area (Å²) in [4.78, 5) is 47.6. The molecule has 4 aromatic carbocycles. The van der Waals surface area contributed by atoms with Gasteiger partial charge in [0.15, 0.2) is 27.4 Å². The van der Waals surface area contributed by atoms with Crippen LogP contribution in [0.1, 0.15) is 34.6 Å². The Morgan fingerprint density at radius 2 is 0.783 bits per heavy atom. The first-order valence-corrected chi connectivity index (χ1v) is 23.3. The van der Waals surface area contributed by atoms with Crippen molar-refractivity contribution in [2.45, 2.75) is 36.9 Å². The number of amides is 2. The van der Waals surface area contributed by atoms with Gasteiger partial charge in [-0.1, -0.05) is 60.7 Å². The molecule has 4 aromatic rings. The van der Waals surface area contributed by atoms with Crippen LogP contribution in [-0.2, 0) is 39.3 Å². The highest BCUT2D eigenvalue weighted by Gasteiger charge is 2.37. The number of esters is 2. The standard InChI is InChI=1S/2C17H16INO3.2CHF3O3S/c2*1-12(17(21)22-2)19-16(20)14-10-6-7-11-15(14)18-13-8-4-3-5-9-13;2*2-1(3,4)8(5,6)7/h2*3-12H,1-2H3;2*(H,5,6,7)/t2*12-;;/m00../s1. The monoisotopic (exact) mass is 1120 g/mol. The molecule has 0 saturated heterocycles. The zero-order chi connectivity index (χ0) is 45.9. The number of benzene rings is 4. The van der Waals surface area contributed by atoms with Gasteiger partial charge < -0.3 is 29.2 Å². The number of methoxy groups -OCH3 is 2. The SMILES string of the molecule is COC(=O)[C@H](C)NC(=O)c1ccccc1[I+]c1ccccc1.COC(=O)[C@H](C)NC(=O)c1ccccc1[I+]c1ccccc1.O=S(=O)([O-])C(F)(F)F.O=S(=O)([O-])C(F)(F)F. The number of carbonyl (C=O) groups excluding carboxylic acids is 4. The van der Waals surface area contributed by atoms with E-state index in [1.54, 1.807) is 26.0 Å². The maximum Gasteiger partial charge on any atom is 0.485 e. The Labute approximate surface area is 361 Å². The van der Waals surface area contributed by atoms with E-state index in [0.717, 1.165) is 7.14 Å². The Hall–Kier alpha value is -4.38. The highest BCUT2D eigenvalue weighted by atomic mass is 127. The number of nitrogens with one attached hydrogen (secondary N) is 2. The van der Waals surface area contributed by atoms with E-state index < -0.39 is 97.7 Å². The molecule has 0 bridgehead atoms. The molecule has 2 atom stereocenters. The van der Waals surface area contributed by atoms with Crippen molar-refractivity contribution in [1.29, 1.82) is 0 Å². The van der Waals surface area contributed by atoms with Crippen LogP contribution in [0.25, 0.3) is 0 Å². The van der Waals surface area contributed by atoms with Crippen LogP contribution >= 0.6 is 0 Å². The normalized spacial score (nSPS) is 12.2. The summed E-state index contributed by atoms with van der Waals surface area (Å²) >= 11 is -0.898. The Bertz CT molecular complexity index is 2090. The van der Waals surface area contributed by atoms with E-state index in [1.165, 1.54) is 21.4 Å². The Morgan fingerprint density at radius 3 is 1.03 bits per heavy atom. The summed E-state index contributed by atoms with van der Waals surface area (Å²) in [6.45, 7) is 3.22. The molecular weight excluding hydrogens is 1080 g/mol. The van der Waals surface area contributed by atoms with E-state index in [-0.39, 0.29) is 11.8 Å². The lowest BCUT2D eigenvalue weighted by Gasteiger charge is -2.11. The van der Waals surface area contributed by atoms with Crippen LogP contribution in [0.15, 0.2) is 109 Å². The third-order valence-electron chi connectivity index (χ3n) is 6.50. The lowest BCUT2D eigenvalue weighted by molar-refractivity contribution is -0.598. The van der Waals surface area contributed by atoms with E-state index in [2.05, 4.69) is 44.4 Å². The molecule has 0 aliphatic heterocycles. The van der Waals surface area contributed by atoms with Crippen LogP contribution in [0.5, 0.6) is 0 Å². The second kappa shape index (κ2) is 24.8. The molecule has 0 heterocycles. The number of halogens is 8. The molecule has 0 radical (unpaired) electrons. The highest BCUT2D eigenvalue weighted by molar-refractivity contribution is 7.86. The molecular formula is C36H34F6I2N2O12S2. The number of ether oxygens (including phenoxy) is 2. The summed E-state index contributed by atoms with van der Waals surface area (Å²) in [6, 6.07) is 33.9. The van der Waals surface area contributed by atoms with Crippen LogP contribution in [0.4, 0.5) is 26.3 Å². The van der Waals surface area contributed by atoms with Gasteiger partial charge >= 0.3 is 65.4 Å². The predicted octanol–water partition coefficient (Wildman–Crippen LogP) is -1.68. The highest BCUT2D eigenvalue weighted by Crippen LogP contribution is 2.21. The number of hydrogen-bond acceptors (Lipinski definition) is 12. The van der Waals surface area contributed by atoms with Gasteiger partial charge in [-0.25, -0.2) is 26.4 Å². The van der Waals surface area contributed by atoms with Crippen molar-refractivity contribution < 1.29 is 123 Å². The Kier molecular flexibility index (Phi) is 22.1. The Morgan fingerprint density at radius 1 is 0.533 bits per heavy atom. The van der Waals surface area contributed by atoms with Gasteiger partial charge in [-0.2, -0.15) is 26.3 Å². The van der Waals surface area contributed by atoms with Gasteiger partial charge in [0, 0.05) is 0 Å². The second-order valence-electron chi connectivity index (χ2n) is 11.0. The first-order chi connectivity index (χ1) is 27.7. The number of carbonyl (C=O) groups is 4. The summed E-state index contributed by atoms with van der Waals surface area (Å²) in [5, 5.41) is 5.35. The van der Waals surface area contributed by atoms with Gasteiger partial charge in [0.2, 0.25) is 7.14 Å². The summed E-state index contributed by atoms with van der Waals surface area (Å²) in [5.74, 6) is -1.40. The molecule has 0 aliphatic rings. The molecule has 0 saturated carbocycles. The van der Waals surface area contributed by atoms with Crippen LogP contribution in [-0.4, -0.2) is 87.0 Å². The van der Waals surface area contributed by atoms with Gasteiger partial charge in [0.1, 0.15) is 12.1 Å². The van der Waals surface area contributed by atoms with Gasteiger partial charge in [0.25, 0.3) is 11.8 Å². The molecule has 0 fully saturated rings. The van der Waals surface area contributed by atoms with E-state index in [0.29, 0.717) is 11.1 Å². The van der Waals surface area contributed by atoms with Crippen LogP contribution in [0, 0.1) is 14.3 Å². The van der Waals surface area contributed by atoms with Crippen molar-refractivity contribution >= 4 is 44.0 Å². The van der Waals surface area contributed by atoms with Crippen LogP contribution in [0.2, 0.25) is 0 Å². The molecule has 0 unspecified atom stereocenters. The smallest absolute Gasteiger partial charge is 0.485 e. The molecule has 24 heteroatoms. The van der Waals surface area contributed by atoms with Crippen molar-refractivity contribution in [2.24, 2.45) is 0 Å². The first-order valence-electron chi connectivity index (χ1n) is 16.1. The maximum atomic E-state index is 12.4. The fraction of sp³-hybridized carbons (Fsp3) is 0.222. The van der Waals surface area contributed by atoms with Gasteiger partial charge in [-0.05, 0) is 62.4 Å². The maximum absolute atomic E-state index is 12.4. The van der Waals surface area contributed by atoms with Crippen molar-refractivity contribution in [1.82, 2.24) is 10.6 Å². The van der Waals surface area contributed by atoms with Gasteiger partial charge in [-0.3, -0.25) is 9.59 Å². The second-order valence-corrected chi connectivity index (χ2v) is 19.6. The number of hydrogen-bond donors (Lipinski definition) is 2. The minimum atomic E-state index is -6.09. The largest absolute Gasteiger partial charge is 0.741 e. The average molecular weight is 1120 g/mol. The Balaban J connectivity index is 0.000000444. The zero-order valence-corrected chi connectivity index (χ0v) is 37.2. The molecule has 0 aromatic heterocycles. The summed E-state index contributed by atoms with van der Waals surface area (Å²) in [7, 11) is -9.57. The summed E-state index contributed by atoms with van der Waals surface area (Å²) < 4.78 is 132. The van der Waals surface area contributed by atoms with Crippen molar-refractivity contribution in [2.75, 3.05) is 14.2 Å². The average Bonchev–Trinajstić information content (AvgIpc) is 3.17. The van der Waals surface area contributed by atoms with Crippen LogP contribution < -0.4 is 53.0 Å². The lowest BCUT2D eigenvalue weighted by Crippen LogP contribution is -3.61. The number of rotatable bonds is 10. The van der Waals surface area contributed by atoms with Crippen molar-refractivity contribution in [3.8, 4) is 0 Å². The fourth-order valence-corrected chi connectivity index (χ4v) is 8.76. The summed E-state index contributed by atoms with van der Waals surface area (Å²) in [6.07, 6.45) is 0. The van der Waals surface area contributed by atoms with Gasteiger partial charge in [0.05, 0.1) is 25.3 Å². The molecule has 328 valence electrons. The number of alkyl halides is 6. The van der Waals surface area contributed by atoms with E-state index in [4.69, 9.17) is 25.9 Å². The third-order valence-corrected chi connectivity index (χ3v) is 13.4. The lowest BCUT2D eigenvalue weighted by atomic mass is 10.2. The van der Waals surface area contributed by atoms with Gasteiger partial charge in [-0.15, -0.1) is 0 Å². The fourth-order valence-electron chi connectivity index (χ4n) is 3.67. The minimum absolute atomic E-state index is 0.246. The third kappa shape index (κ3) is 19.3. The quantitative estimate of drug-likeness (QED) is 0.0598. The molecule has 2 N–H and O–H groups in total. The summed E-state index contributed by atoms with van der Waals surface area (Å²) in [5.41, 5.74) is -10.1. The predicted molar refractivity (Wildman–Crippen MR) is 190 cm³/mol. The first kappa shape index (κ1) is 53.6. The molecule has 0 spiro atoms. The van der Waals surface area contributed by atoms with Crippen LogP contribution in [0.3, 0.4) is 0 Å². The molecule has 2 amide bonds. The van der Waals surface area contributed by atoms with E-state index in [9.17, 15) is 45.5 Å². The molecule has 4 rings (SSSR count). The zero-order valence-electron chi connectivity index (χ0n) is 31.3. The minimum Gasteiger partial charge on any atom is -0.741 e. The van der Waals surface area contributed by atoms with Crippen molar-refractivity contribution in [3.05, 3.63) is 135 Å². The molecule has 14 nitrogen and oxygen atoms in total. The molecule has 60 heavy (non-hydrogen) atoms. The van der Waals surface area contributed by atoms with Crippen molar-refractivity contribution in [3.63, 3.8) is 0 Å². The van der Waals surface area contributed by atoms with E-state index in [1.807, 2.05) is 72.8 Å².